The van der Waals surface area contributed by atoms with Crippen LogP contribution in [0.25, 0.3) is 16.6 Å². The zero-order chi connectivity index (χ0) is 15.9. The van der Waals surface area contributed by atoms with E-state index in [0.717, 1.165) is 29.4 Å². The van der Waals surface area contributed by atoms with Crippen LogP contribution in [-0.4, -0.2) is 10.7 Å². The van der Waals surface area contributed by atoms with Gasteiger partial charge in [0.25, 0.3) is 0 Å². The lowest BCUT2D eigenvalue weighted by Crippen LogP contribution is -1.94. The van der Waals surface area contributed by atoms with Crippen molar-refractivity contribution in [3.63, 3.8) is 0 Å². The molecular weight excluding hydrogens is 341 g/mol. The van der Waals surface area contributed by atoms with Crippen LogP contribution in [0.15, 0.2) is 36.5 Å². The Bertz CT molecular complexity index is 883. The number of benzene rings is 1. The smallest absolute Gasteiger partial charge is 0.167 e. The number of carbonyl (C=O) groups is 1. The molecule has 2 nitrogen and oxygen atoms in total. The van der Waals surface area contributed by atoms with E-state index < -0.39 is 0 Å². The number of hydrogen-bond donors (Lipinski definition) is 0. The first-order chi connectivity index (χ1) is 10.6. The molecule has 0 aliphatic carbocycles. The molecule has 0 saturated heterocycles. The number of aryl methyl sites for hydroxylation is 1. The highest BCUT2D eigenvalue weighted by molar-refractivity contribution is 6.49. The van der Waals surface area contributed by atoms with Crippen molar-refractivity contribution >= 4 is 46.6 Å². The van der Waals surface area contributed by atoms with Crippen LogP contribution in [0, 0.1) is 0 Å². The Morgan fingerprint density at radius 3 is 2.50 bits per heavy atom. The Labute approximate surface area is 143 Å². The lowest BCUT2D eigenvalue weighted by Gasteiger charge is -2.07. The van der Waals surface area contributed by atoms with E-state index in [1.165, 1.54) is 0 Å². The molecule has 22 heavy (non-hydrogen) atoms. The summed E-state index contributed by atoms with van der Waals surface area (Å²) >= 11 is 18.4. The minimum atomic E-state index is 0.294. The number of aromatic nitrogens is 1. The van der Waals surface area contributed by atoms with Crippen LogP contribution in [0.5, 0.6) is 0 Å². The van der Waals surface area contributed by atoms with Crippen molar-refractivity contribution < 1.29 is 4.79 Å². The molecule has 1 aromatic carbocycles. The van der Waals surface area contributed by atoms with Crippen molar-refractivity contribution in [2.45, 2.75) is 13.3 Å². The molecule has 0 amide bonds. The Hall–Kier alpha value is -1.48. The van der Waals surface area contributed by atoms with E-state index in [-0.39, 0.29) is 0 Å². The zero-order valence-corrected chi connectivity index (χ0v) is 14.0. The molecule has 0 aliphatic heterocycles. The van der Waals surface area contributed by atoms with Crippen molar-refractivity contribution in [3.8, 4) is 11.1 Å². The molecule has 3 aromatic rings. The first-order valence-corrected chi connectivity index (χ1v) is 7.93. The van der Waals surface area contributed by atoms with Gasteiger partial charge in [-0.15, -0.1) is 0 Å². The summed E-state index contributed by atoms with van der Waals surface area (Å²) in [6.07, 6.45) is 3.70. The van der Waals surface area contributed by atoms with Gasteiger partial charge in [-0.2, -0.15) is 0 Å². The highest BCUT2D eigenvalue weighted by Gasteiger charge is 2.17. The van der Waals surface area contributed by atoms with Gasteiger partial charge in [0, 0.05) is 22.8 Å². The van der Waals surface area contributed by atoms with E-state index >= 15 is 0 Å². The van der Waals surface area contributed by atoms with Crippen molar-refractivity contribution in [2.75, 3.05) is 0 Å². The predicted molar refractivity (Wildman–Crippen MR) is 92.6 cm³/mol. The van der Waals surface area contributed by atoms with E-state index in [1.807, 2.05) is 28.8 Å². The second kappa shape index (κ2) is 5.96. The van der Waals surface area contributed by atoms with Gasteiger partial charge in [-0.1, -0.05) is 53.9 Å². The van der Waals surface area contributed by atoms with Gasteiger partial charge in [0.1, 0.15) is 0 Å². The maximum atomic E-state index is 11.6. The largest absolute Gasteiger partial charge is 0.313 e. The minimum absolute atomic E-state index is 0.294. The molecule has 2 heterocycles. The van der Waals surface area contributed by atoms with E-state index in [1.54, 1.807) is 12.1 Å². The van der Waals surface area contributed by atoms with Crippen molar-refractivity contribution in [1.29, 1.82) is 0 Å². The van der Waals surface area contributed by atoms with Crippen molar-refractivity contribution in [2.24, 2.45) is 0 Å². The maximum Gasteiger partial charge on any atom is 0.167 e. The fourth-order valence-corrected chi connectivity index (χ4v) is 3.15. The third-order valence-corrected chi connectivity index (χ3v) is 5.01. The lowest BCUT2D eigenvalue weighted by atomic mass is 10.1. The fourth-order valence-electron chi connectivity index (χ4n) is 2.51. The van der Waals surface area contributed by atoms with Crippen LogP contribution in [0.2, 0.25) is 15.1 Å². The molecule has 0 N–H and O–H groups in total. The highest BCUT2D eigenvalue weighted by atomic mass is 35.5. The van der Waals surface area contributed by atoms with Gasteiger partial charge in [0.2, 0.25) is 0 Å². The molecule has 0 spiro atoms. The summed E-state index contributed by atoms with van der Waals surface area (Å²) in [4.78, 5) is 11.6. The zero-order valence-electron chi connectivity index (χ0n) is 11.7. The fraction of sp³-hybridized carbons (Fsp3) is 0.118. The van der Waals surface area contributed by atoms with Gasteiger partial charge in [-0.05, 0) is 30.2 Å². The first-order valence-electron chi connectivity index (χ1n) is 6.79. The van der Waals surface area contributed by atoms with Crippen LogP contribution < -0.4 is 0 Å². The van der Waals surface area contributed by atoms with Crippen LogP contribution >= 0.6 is 34.8 Å². The Kier molecular flexibility index (Phi) is 4.18. The SMILES string of the molecule is CCc1ccc2cc(-c3ccc(Cl)c(Cl)c3Cl)c(C=O)n2c1. The van der Waals surface area contributed by atoms with E-state index in [2.05, 4.69) is 6.92 Å². The molecule has 0 radical (unpaired) electrons. The van der Waals surface area contributed by atoms with E-state index in [9.17, 15) is 4.79 Å². The Morgan fingerprint density at radius 1 is 1.05 bits per heavy atom. The molecule has 0 fully saturated rings. The number of aldehydes is 1. The minimum Gasteiger partial charge on any atom is -0.313 e. The Balaban J connectivity index is 2.32. The topological polar surface area (TPSA) is 21.5 Å². The number of carbonyl (C=O) groups excluding carboxylic acids is 1. The lowest BCUT2D eigenvalue weighted by molar-refractivity contribution is 0.111. The summed E-state index contributed by atoms with van der Waals surface area (Å²) in [5, 5.41) is 1.03. The van der Waals surface area contributed by atoms with Crippen molar-refractivity contribution in [1.82, 2.24) is 4.40 Å². The molecule has 3 rings (SSSR count). The number of nitrogens with zero attached hydrogens (tertiary/aromatic N) is 1. The highest BCUT2D eigenvalue weighted by Crippen LogP contribution is 2.39. The molecule has 0 atom stereocenters. The number of halogens is 3. The van der Waals surface area contributed by atoms with Gasteiger partial charge in [0.05, 0.1) is 20.8 Å². The van der Waals surface area contributed by atoms with Crippen molar-refractivity contribution in [3.05, 3.63) is 62.9 Å². The molecule has 112 valence electrons. The molecule has 0 aliphatic rings. The third-order valence-electron chi connectivity index (χ3n) is 3.71. The van der Waals surface area contributed by atoms with Crippen LogP contribution in [0.4, 0.5) is 0 Å². The number of hydrogen-bond acceptors (Lipinski definition) is 1. The second-order valence-corrected chi connectivity index (χ2v) is 6.13. The molecule has 0 saturated carbocycles. The average molecular weight is 353 g/mol. The quantitative estimate of drug-likeness (QED) is 0.422. The van der Waals surface area contributed by atoms with Gasteiger partial charge in [-0.3, -0.25) is 4.79 Å². The van der Waals surface area contributed by atoms with Gasteiger partial charge >= 0.3 is 0 Å². The molecular formula is C17H12Cl3NO. The standard InChI is InChI=1S/C17H12Cl3NO/c1-2-10-3-4-11-7-13(15(9-22)21(11)8-10)12-5-6-14(18)17(20)16(12)19/h3-9H,2H2,1H3. The maximum absolute atomic E-state index is 11.6. The molecule has 0 unspecified atom stereocenters. The van der Waals surface area contributed by atoms with E-state index in [0.29, 0.717) is 26.3 Å². The summed E-state index contributed by atoms with van der Waals surface area (Å²) in [7, 11) is 0. The van der Waals surface area contributed by atoms with Crippen LogP contribution in [-0.2, 0) is 6.42 Å². The monoisotopic (exact) mass is 351 g/mol. The predicted octanol–water partition coefficient (Wildman–Crippen LogP) is 5.94. The average Bonchev–Trinajstić information content (AvgIpc) is 2.89. The summed E-state index contributed by atoms with van der Waals surface area (Å²) < 4.78 is 1.88. The second-order valence-electron chi connectivity index (χ2n) is 4.97. The third kappa shape index (κ3) is 2.41. The summed E-state index contributed by atoms with van der Waals surface area (Å²) in [6, 6.07) is 9.41. The van der Waals surface area contributed by atoms with Gasteiger partial charge < -0.3 is 4.40 Å². The number of fused-ring (bicyclic) bond motifs is 1. The molecule has 0 bridgehead atoms. The Morgan fingerprint density at radius 2 is 1.82 bits per heavy atom. The van der Waals surface area contributed by atoms with Gasteiger partial charge in [-0.25, -0.2) is 0 Å². The number of rotatable bonds is 3. The van der Waals surface area contributed by atoms with Crippen LogP contribution in [0.3, 0.4) is 0 Å². The molecule has 5 heteroatoms. The first kappa shape index (κ1) is 15.4. The summed E-state index contributed by atoms with van der Waals surface area (Å²) in [5.41, 5.74) is 4.06. The molecule has 2 aromatic heterocycles. The summed E-state index contributed by atoms with van der Waals surface area (Å²) in [5.74, 6) is 0. The van der Waals surface area contributed by atoms with Gasteiger partial charge in [0.15, 0.2) is 6.29 Å². The normalized spacial score (nSPS) is 11.1. The van der Waals surface area contributed by atoms with E-state index in [4.69, 9.17) is 34.8 Å². The van der Waals surface area contributed by atoms with Crippen LogP contribution in [0.1, 0.15) is 23.0 Å². The summed E-state index contributed by atoms with van der Waals surface area (Å²) in [6.45, 7) is 2.07. The number of pyridine rings is 1.